The summed E-state index contributed by atoms with van der Waals surface area (Å²) in [6.07, 6.45) is 5.56. The number of amides is 1. The first-order valence-electron chi connectivity index (χ1n) is 12.9. The normalized spacial score (nSPS) is 25.9. The minimum atomic E-state index is -0.362. The zero-order chi connectivity index (χ0) is 25.5. The lowest BCUT2D eigenvalue weighted by molar-refractivity contribution is -0.133. The van der Waals surface area contributed by atoms with Gasteiger partial charge in [0.2, 0.25) is 11.9 Å². The number of hydrogen-bond donors (Lipinski definition) is 2. The van der Waals surface area contributed by atoms with Crippen molar-refractivity contribution < 1.29 is 9.59 Å². The molecule has 0 unspecified atom stereocenters. The van der Waals surface area contributed by atoms with Gasteiger partial charge in [0.05, 0.1) is 5.69 Å². The summed E-state index contributed by atoms with van der Waals surface area (Å²) in [5.41, 5.74) is 1.55. The van der Waals surface area contributed by atoms with Crippen LogP contribution in [0.25, 0.3) is 5.65 Å². The van der Waals surface area contributed by atoms with Gasteiger partial charge in [0.15, 0.2) is 5.65 Å². The quantitative estimate of drug-likeness (QED) is 0.649. The van der Waals surface area contributed by atoms with E-state index in [4.69, 9.17) is 5.10 Å². The SMILES string of the molecule is CC(=O)C[C@@H]1C[C@H](NC(C)(C)C)CC[C@@H]1N1CC[C@H](Nc2ncnc3cc(C(C)(C)C)nn23)C1=O. The second-order valence-electron chi connectivity index (χ2n) is 12.4. The number of ketones is 1. The van der Waals surface area contributed by atoms with E-state index < -0.39 is 0 Å². The molecule has 9 heteroatoms. The molecule has 0 bridgehead atoms. The molecule has 1 saturated heterocycles. The molecule has 1 amide bonds. The van der Waals surface area contributed by atoms with Crippen LogP contribution in [-0.2, 0) is 15.0 Å². The lowest BCUT2D eigenvalue weighted by atomic mass is 9.77. The van der Waals surface area contributed by atoms with Crippen molar-refractivity contribution in [2.75, 3.05) is 11.9 Å². The first kappa shape index (κ1) is 25.5. The van der Waals surface area contributed by atoms with Crippen LogP contribution in [0.1, 0.15) is 86.3 Å². The summed E-state index contributed by atoms with van der Waals surface area (Å²) in [6.45, 7) is 15.2. The number of hydrogen-bond acceptors (Lipinski definition) is 7. The van der Waals surface area contributed by atoms with Gasteiger partial charge >= 0.3 is 0 Å². The molecule has 0 spiro atoms. The highest BCUT2D eigenvalue weighted by Crippen LogP contribution is 2.35. The summed E-state index contributed by atoms with van der Waals surface area (Å²) in [5, 5.41) is 11.7. The molecule has 2 aromatic heterocycles. The number of nitrogens with one attached hydrogen (secondary N) is 2. The number of rotatable bonds is 6. The van der Waals surface area contributed by atoms with Crippen molar-refractivity contribution >= 4 is 23.3 Å². The number of likely N-dealkylation sites (tertiary alicyclic amines) is 1. The number of carbonyl (C=O) groups excluding carboxylic acids is 2. The average Bonchev–Trinajstić information content (AvgIpc) is 3.32. The van der Waals surface area contributed by atoms with Gasteiger partial charge in [-0.1, -0.05) is 20.8 Å². The van der Waals surface area contributed by atoms with Crippen molar-refractivity contribution in [3.05, 3.63) is 18.1 Å². The van der Waals surface area contributed by atoms with E-state index >= 15 is 0 Å². The Morgan fingerprint density at radius 2 is 1.86 bits per heavy atom. The van der Waals surface area contributed by atoms with Crippen molar-refractivity contribution in [1.82, 2.24) is 29.8 Å². The molecule has 2 aliphatic rings. The number of Topliss-reactive ketones (excluding diaryl/α,β-unsaturated/α-hetero) is 1. The highest BCUT2D eigenvalue weighted by atomic mass is 16.2. The minimum Gasteiger partial charge on any atom is -0.342 e. The molecule has 2 N–H and O–H groups in total. The third-order valence-corrected chi connectivity index (χ3v) is 7.10. The van der Waals surface area contributed by atoms with Gasteiger partial charge in [-0.25, -0.2) is 9.97 Å². The fraction of sp³-hybridized carbons (Fsp3) is 0.731. The van der Waals surface area contributed by atoms with E-state index in [1.807, 2.05) is 11.0 Å². The number of fused-ring (bicyclic) bond motifs is 1. The number of anilines is 1. The van der Waals surface area contributed by atoms with Crippen LogP contribution in [0.15, 0.2) is 12.4 Å². The van der Waals surface area contributed by atoms with Crippen LogP contribution in [-0.4, -0.2) is 66.4 Å². The standard InChI is InChI=1S/C26H41N7O2/c1-16(34)12-17-13-18(30-26(5,6)7)8-9-20(17)32-11-10-19(23(32)35)29-24-28-15-27-22-14-21(25(2,3)4)31-33(22)24/h14-15,17-20,30H,8-13H2,1-7H3,(H,27,28,29)/t17-,18-,19+,20+/m1/s1. The van der Waals surface area contributed by atoms with Crippen LogP contribution in [0.2, 0.25) is 0 Å². The van der Waals surface area contributed by atoms with E-state index in [-0.39, 0.29) is 40.6 Å². The maximum atomic E-state index is 13.5. The molecule has 192 valence electrons. The maximum Gasteiger partial charge on any atom is 0.245 e. The Morgan fingerprint density at radius 1 is 1.11 bits per heavy atom. The summed E-state index contributed by atoms with van der Waals surface area (Å²) in [5.74, 6) is 0.981. The Bertz CT molecular complexity index is 1080. The Labute approximate surface area is 208 Å². The van der Waals surface area contributed by atoms with Crippen LogP contribution in [0.3, 0.4) is 0 Å². The molecule has 2 aromatic rings. The summed E-state index contributed by atoms with van der Waals surface area (Å²) in [4.78, 5) is 36.4. The van der Waals surface area contributed by atoms with Gasteiger partial charge in [0, 0.05) is 42.1 Å². The Hall–Kier alpha value is -2.55. The van der Waals surface area contributed by atoms with E-state index in [0.717, 1.165) is 25.0 Å². The molecule has 3 heterocycles. The molecule has 0 aromatic carbocycles. The van der Waals surface area contributed by atoms with Gasteiger partial charge in [0.25, 0.3) is 0 Å². The highest BCUT2D eigenvalue weighted by molar-refractivity contribution is 5.87. The summed E-state index contributed by atoms with van der Waals surface area (Å²) < 4.78 is 1.69. The van der Waals surface area contributed by atoms with Gasteiger partial charge < -0.3 is 20.3 Å². The third kappa shape index (κ3) is 5.82. The van der Waals surface area contributed by atoms with E-state index in [2.05, 4.69) is 62.1 Å². The minimum absolute atomic E-state index is 0.0268. The Balaban J connectivity index is 1.49. The Kier molecular flexibility index (Phi) is 6.92. The second-order valence-corrected chi connectivity index (χ2v) is 12.4. The van der Waals surface area contributed by atoms with Crippen molar-refractivity contribution in [2.45, 2.75) is 110 Å². The molecule has 4 atom stereocenters. The van der Waals surface area contributed by atoms with Crippen molar-refractivity contribution in [2.24, 2.45) is 5.92 Å². The van der Waals surface area contributed by atoms with Gasteiger partial charge in [-0.05, 0) is 59.3 Å². The zero-order valence-corrected chi connectivity index (χ0v) is 22.3. The third-order valence-electron chi connectivity index (χ3n) is 7.10. The van der Waals surface area contributed by atoms with Crippen molar-refractivity contribution in [3.8, 4) is 0 Å². The predicted molar refractivity (Wildman–Crippen MR) is 136 cm³/mol. The molecule has 1 aliphatic heterocycles. The van der Waals surface area contributed by atoms with E-state index in [1.165, 1.54) is 6.33 Å². The van der Waals surface area contributed by atoms with Gasteiger partial charge in [0.1, 0.15) is 18.2 Å². The molecular weight excluding hydrogens is 442 g/mol. The average molecular weight is 484 g/mol. The van der Waals surface area contributed by atoms with Crippen LogP contribution < -0.4 is 10.6 Å². The van der Waals surface area contributed by atoms with E-state index in [9.17, 15) is 9.59 Å². The largest absolute Gasteiger partial charge is 0.342 e. The van der Waals surface area contributed by atoms with Crippen molar-refractivity contribution in [1.29, 1.82) is 0 Å². The molecule has 35 heavy (non-hydrogen) atoms. The lowest BCUT2D eigenvalue weighted by Gasteiger charge is -2.43. The van der Waals surface area contributed by atoms with Crippen LogP contribution >= 0.6 is 0 Å². The molecule has 0 radical (unpaired) electrons. The molecule has 9 nitrogen and oxygen atoms in total. The smallest absolute Gasteiger partial charge is 0.245 e. The number of nitrogens with zero attached hydrogens (tertiary/aromatic N) is 5. The summed E-state index contributed by atoms with van der Waals surface area (Å²) in [6, 6.07) is 2.07. The number of carbonyl (C=O) groups is 2. The van der Waals surface area contributed by atoms with Gasteiger partial charge in [-0.2, -0.15) is 9.61 Å². The zero-order valence-electron chi connectivity index (χ0n) is 22.3. The molecule has 1 saturated carbocycles. The van der Waals surface area contributed by atoms with E-state index in [1.54, 1.807) is 11.4 Å². The lowest BCUT2D eigenvalue weighted by Crippen LogP contribution is -2.53. The van der Waals surface area contributed by atoms with Crippen molar-refractivity contribution in [3.63, 3.8) is 0 Å². The molecule has 2 fully saturated rings. The van der Waals surface area contributed by atoms with Crippen LogP contribution in [0.5, 0.6) is 0 Å². The first-order chi connectivity index (χ1) is 16.3. The topological polar surface area (TPSA) is 105 Å². The summed E-state index contributed by atoms with van der Waals surface area (Å²) >= 11 is 0. The molecule has 4 rings (SSSR count). The monoisotopic (exact) mass is 483 g/mol. The fourth-order valence-corrected chi connectivity index (χ4v) is 5.59. The maximum absolute atomic E-state index is 13.5. The fourth-order valence-electron chi connectivity index (χ4n) is 5.59. The summed E-state index contributed by atoms with van der Waals surface area (Å²) in [7, 11) is 0. The highest BCUT2D eigenvalue weighted by Gasteiger charge is 2.42. The Morgan fingerprint density at radius 3 is 2.51 bits per heavy atom. The number of aromatic nitrogens is 4. The van der Waals surface area contributed by atoms with Crippen LogP contribution in [0, 0.1) is 5.92 Å². The van der Waals surface area contributed by atoms with Crippen LogP contribution in [0.4, 0.5) is 5.95 Å². The molecular formula is C26H41N7O2. The first-order valence-corrected chi connectivity index (χ1v) is 12.9. The van der Waals surface area contributed by atoms with E-state index in [0.29, 0.717) is 37.0 Å². The second kappa shape index (κ2) is 9.48. The predicted octanol–water partition coefficient (Wildman–Crippen LogP) is 3.34. The molecule has 1 aliphatic carbocycles. The van der Waals surface area contributed by atoms with Gasteiger partial charge in [-0.3, -0.25) is 4.79 Å². The van der Waals surface area contributed by atoms with Gasteiger partial charge in [-0.15, -0.1) is 0 Å².